The van der Waals surface area contributed by atoms with Crippen molar-refractivity contribution in [3.05, 3.63) is 99.6 Å². The summed E-state index contributed by atoms with van der Waals surface area (Å²) < 4.78 is 13.3. The highest BCUT2D eigenvalue weighted by Gasteiger charge is 2.41. The monoisotopic (exact) mass is 475 g/mol. The van der Waals surface area contributed by atoms with Gasteiger partial charge in [0, 0.05) is 62.9 Å². The number of aromatic nitrogens is 1. The predicted molar refractivity (Wildman–Crippen MR) is 129 cm³/mol. The number of carbonyl (C=O) groups is 1. The van der Waals surface area contributed by atoms with E-state index >= 15 is 0 Å². The molecule has 0 bridgehead atoms. The predicted octanol–water partition coefficient (Wildman–Crippen LogP) is 3.31. The van der Waals surface area contributed by atoms with Crippen molar-refractivity contribution in [3.63, 3.8) is 0 Å². The van der Waals surface area contributed by atoms with E-state index in [1.54, 1.807) is 36.7 Å². The van der Waals surface area contributed by atoms with E-state index in [0.29, 0.717) is 32.6 Å². The van der Waals surface area contributed by atoms with E-state index in [4.69, 9.17) is 0 Å². The van der Waals surface area contributed by atoms with Gasteiger partial charge >= 0.3 is 0 Å². The van der Waals surface area contributed by atoms with E-state index in [1.807, 2.05) is 12.1 Å². The minimum absolute atomic E-state index is 0.0339. The van der Waals surface area contributed by atoms with Crippen LogP contribution in [0.15, 0.2) is 67.0 Å². The molecule has 0 spiro atoms. The van der Waals surface area contributed by atoms with Crippen LogP contribution in [0.3, 0.4) is 0 Å². The van der Waals surface area contributed by atoms with Gasteiger partial charge in [-0.15, -0.1) is 0 Å². The number of anilines is 1. The number of rotatable bonds is 6. The Balaban J connectivity index is 1.39. The summed E-state index contributed by atoms with van der Waals surface area (Å²) in [4.78, 5) is 33.0. The average molecular weight is 476 g/mol. The second-order valence-corrected chi connectivity index (χ2v) is 9.08. The maximum absolute atomic E-state index is 13.4. The van der Waals surface area contributed by atoms with E-state index in [9.17, 15) is 19.3 Å². The average Bonchev–Trinajstić information content (AvgIpc) is 2.88. The third-order valence-electron chi connectivity index (χ3n) is 6.84. The van der Waals surface area contributed by atoms with Crippen molar-refractivity contribution in [2.75, 3.05) is 24.5 Å². The van der Waals surface area contributed by atoms with Gasteiger partial charge in [-0.2, -0.15) is 0 Å². The quantitative estimate of drug-likeness (QED) is 0.435. The van der Waals surface area contributed by atoms with Crippen LogP contribution in [0.2, 0.25) is 0 Å². The lowest BCUT2D eigenvalue weighted by atomic mass is 9.83. The number of nitrogens with one attached hydrogen (secondary N) is 1. The second-order valence-electron chi connectivity index (χ2n) is 9.08. The van der Waals surface area contributed by atoms with Crippen LogP contribution in [0, 0.1) is 21.8 Å². The van der Waals surface area contributed by atoms with Gasteiger partial charge < -0.3 is 10.2 Å². The summed E-state index contributed by atoms with van der Waals surface area (Å²) in [6.07, 6.45) is 3.84. The highest BCUT2D eigenvalue weighted by molar-refractivity contribution is 5.82. The van der Waals surface area contributed by atoms with Crippen molar-refractivity contribution < 1.29 is 14.1 Å². The van der Waals surface area contributed by atoms with Crippen LogP contribution in [-0.4, -0.2) is 46.4 Å². The zero-order chi connectivity index (χ0) is 24.4. The van der Waals surface area contributed by atoms with Gasteiger partial charge in [-0.05, 0) is 47.4 Å². The van der Waals surface area contributed by atoms with Crippen LogP contribution < -0.4 is 10.2 Å². The molecule has 180 valence electrons. The van der Waals surface area contributed by atoms with Crippen LogP contribution in [0.25, 0.3) is 0 Å². The van der Waals surface area contributed by atoms with Crippen molar-refractivity contribution >= 4 is 17.3 Å². The number of hydrogen-bond acceptors (Lipinski definition) is 6. The summed E-state index contributed by atoms with van der Waals surface area (Å²) in [6, 6.07) is 15.1. The number of nitro groups is 1. The molecule has 0 saturated carbocycles. The number of halogens is 1. The van der Waals surface area contributed by atoms with Gasteiger partial charge in [-0.25, -0.2) is 4.39 Å². The summed E-state index contributed by atoms with van der Waals surface area (Å²) >= 11 is 0. The summed E-state index contributed by atoms with van der Waals surface area (Å²) in [5.41, 5.74) is 3.74. The highest BCUT2D eigenvalue weighted by atomic mass is 19.1. The summed E-state index contributed by atoms with van der Waals surface area (Å²) in [6.45, 7) is 3.18. The number of nitrogens with zero attached hydrogens (tertiary/aromatic N) is 4. The highest BCUT2D eigenvalue weighted by Crippen LogP contribution is 2.38. The number of piperazine rings is 1. The first-order chi connectivity index (χ1) is 17.0. The van der Waals surface area contributed by atoms with Gasteiger partial charge in [0.05, 0.1) is 16.9 Å². The lowest BCUT2D eigenvalue weighted by molar-refractivity contribution is -0.384. The van der Waals surface area contributed by atoms with Crippen molar-refractivity contribution in [2.45, 2.75) is 25.6 Å². The Morgan fingerprint density at radius 3 is 2.71 bits per heavy atom. The van der Waals surface area contributed by atoms with Crippen LogP contribution in [0.5, 0.6) is 0 Å². The molecule has 0 radical (unpaired) electrons. The van der Waals surface area contributed by atoms with E-state index in [0.717, 1.165) is 28.9 Å². The maximum Gasteiger partial charge on any atom is 0.269 e. The van der Waals surface area contributed by atoms with E-state index < -0.39 is 4.92 Å². The van der Waals surface area contributed by atoms with Crippen molar-refractivity contribution in [1.29, 1.82) is 0 Å². The number of carbonyl (C=O) groups excluding carboxylic acids is 1. The van der Waals surface area contributed by atoms with E-state index in [-0.39, 0.29) is 29.4 Å². The number of fused-ring (bicyclic) bond motifs is 3. The standard InChI is InChI=1S/C26H26FN5O3/c27-21-5-3-18(4-6-21)16-30-10-11-31-24-8-7-22(32(34)35)12-20(24)13-23(25(31)17-30)26(33)29-15-19-2-1-9-28-14-19/h1-9,12,14,23,25H,10-11,13,15-17H2,(H,29,33)/t23-,25+/m0/s1. The maximum atomic E-state index is 13.4. The SMILES string of the molecule is O=C(NCc1cccnc1)[C@H]1Cc2cc([N+](=O)[O-])ccc2N2CCN(Cc3ccc(F)cc3)C[C@H]12. The second kappa shape index (κ2) is 9.79. The number of pyridine rings is 1. The molecule has 1 N–H and O–H groups in total. The summed E-state index contributed by atoms with van der Waals surface area (Å²) in [5, 5.41) is 14.4. The number of nitro benzene ring substituents is 1. The molecule has 3 aromatic rings. The number of benzene rings is 2. The zero-order valence-corrected chi connectivity index (χ0v) is 19.1. The number of non-ortho nitro benzene ring substituents is 1. The fourth-order valence-corrected chi connectivity index (χ4v) is 5.10. The van der Waals surface area contributed by atoms with Crippen molar-refractivity contribution in [2.24, 2.45) is 5.92 Å². The molecule has 2 aliphatic rings. The Hall–Kier alpha value is -3.85. The molecule has 8 nitrogen and oxygen atoms in total. The molecule has 2 aliphatic heterocycles. The first-order valence-corrected chi connectivity index (χ1v) is 11.7. The molecular weight excluding hydrogens is 449 g/mol. The molecule has 35 heavy (non-hydrogen) atoms. The number of hydrogen-bond donors (Lipinski definition) is 1. The molecule has 1 fully saturated rings. The Bertz CT molecular complexity index is 1220. The first-order valence-electron chi connectivity index (χ1n) is 11.7. The molecular formula is C26H26FN5O3. The molecule has 1 aromatic heterocycles. The molecule has 9 heteroatoms. The summed E-state index contributed by atoms with van der Waals surface area (Å²) in [7, 11) is 0. The largest absolute Gasteiger partial charge is 0.365 e. The lowest BCUT2D eigenvalue weighted by Crippen LogP contribution is -2.60. The molecule has 0 aliphatic carbocycles. The van der Waals surface area contributed by atoms with Gasteiger partial charge in [-0.1, -0.05) is 18.2 Å². The number of amides is 1. The molecule has 2 atom stereocenters. The molecule has 5 rings (SSSR count). The Morgan fingerprint density at radius 1 is 1.14 bits per heavy atom. The zero-order valence-electron chi connectivity index (χ0n) is 19.1. The van der Waals surface area contributed by atoms with Gasteiger partial charge in [-0.3, -0.25) is 24.8 Å². The fraction of sp³-hybridized carbons (Fsp3) is 0.308. The van der Waals surface area contributed by atoms with Crippen LogP contribution in [0.4, 0.5) is 15.8 Å². The van der Waals surface area contributed by atoms with Gasteiger partial charge in [0.2, 0.25) is 5.91 Å². The minimum atomic E-state index is -0.398. The normalized spacial score (nSPS) is 19.5. The molecule has 1 saturated heterocycles. The van der Waals surface area contributed by atoms with Gasteiger partial charge in [0.15, 0.2) is 0 Å². The molecule has 0 unspecified atom stereocenters. The first kappa shape index (κ1) is 22.9. The minimum Gasteiger partial charge on any atom is -0.365 e. The lowest BCUT2D eigenvalue weighted by Gasteiger charge is -2.49. The van der Waals surface area contributed by atoms with Crippen molar-refractivity contribution in [3.8, 4) is 0 Å². The smallest absolute Gasteiger partial charge is 0.269 e. The molecule has 1 amide bonds. The Morgan fingerprint density at radius 2 is 1.97 bits per heavy atom. The van der Waals surface area contributed by atoms with Crippen molar-refractivity contribution in [1.82, 2.24) is 15.2 Å². The van der Waals surface area contributed by atoms with E-state index in [1.165, 1.54) is 18.2 Å². The topological polar surface area (TPSA) is 91.6 Å². The van der Waals surface area contributed by atoms with E-state index in [2.05, 4.69) is 20.1 Å². The summed E-state index contributed by atoms with van der Waals surface area (Å²) in [5.74, 6) is -0.705. The van der Waals surface area contributed by atoms with Crippen LogP contribution in [-0.2, 0) is 24.3 Å². The fourth-order valence-electron chi connectivity index (χ4n) is 5.10. The van der Waals surface area contributed by atoms with Crippen LogP contribution in [0.1, 0.15) is 16.7 Å². The third-order valence-corrected chi connectivity index (χ3v) is 6.84. The van der Waals surface area contributed by atoms with Gasteiger partial charge in [0.25, 0.3) is 5.69 Å². The Labute approximate surface area is 202 Å². The third kappa shape index (κ3) is 5.00. The van der Waals surface area contributed by atoms with Crippen LogP contribution >= 0.6 is 0 Å². The molecule has 3 heterocycles. The van der Waals surface area contributed by atoms with Gasteiger partial charge in [0.1, 0.15) is 5.82 Å². The Kier molecular flexibility index (Phi) is 6.41. The molecule has 2 aromatic carbocycles.